The van der Waals surface area contributed by atoms with Crippen molar-refractivity contribution in [1.29, 1.82) is 0 Å². The second-order valence-corrected chi connectivity index (χ2v) is 5.80. The molecule has 0 amide bonds. The van der Waals surface area contributed by atoms with Gasteiger partial charge in [0.2, 0.25) is 0 Å². The van der Waals surface area contributed by atoms with E-state index in [4.69, 9.17) is 17.0 Å². The van der Waals surface area contributed by atoms with Gasteiger partial charge in [-0.15, -0.1) is 0 Å². The van der Waals surface area contributed by atoms with E-state index in [1.54, 1.807) is 7.11 Å². The molecule has 0 radical (unpaired) electrons. The predicted molar refractivity (Wildman–Crippen MR) is 96.6 cm³/mol. The van der Waals surface area contributed by atoms with Gasteiger partial charge in [0, 0.05) is 24.8 Å². The zero-order valence-corrected chi connectivity index (χ0v) is 14.3. The Morgan fingerprint density at radius 1 is 1.18 bits per heavy atom. The van der Waals surface area contributed by atoms with Crippen LogP contribution in [0.15, 0.2) is 42.5 Å². The zero-order chi connectivity index (χ0) is 16.1. The third-order valence-electron chi connectivity index (χ3n) is 3.58. The van der Waals surface area contributed by atoms with E-state index in [0.717, 1.165) is 17.0 Å². The molecule has 0 spiro atoms. The van der Waals surface area contributed by atoms with Crippen LogP contribution < -0.4 is 10.1 Å². The lowest BCUT2D eigenvalue weighted by atomic mass is 10.1. The van der Waals surface area contributed by atoms with E-state index in [-0.39, 0.29) is 0 Å². The van der Waals surface area contributed by atoms with Crippen molar-refractivity contribution < 1.29 is 4.74 Å². The topological polar surface area (TPSA) is 24.5 Å². The summed E-state index contributed by atoms with van der Waals surface area (Å²) in [6.07, 6.45) is 0. The highest BCUT2D eigenvalue weighted by Crippen LogP contribution is 2.21. The third-order valence-corrected chi connectivity index (χ3v) is 3.99. The molecular formula is C18H22N2OS. The number of nitrogens with zero attached hydrogens (tertiary/aromatic N) is 1. The molecule has 0 saturated carbocycles. The lowest BCUT2D eigenvalue weighted by Gasteiger charge is -2.23. The Morgan fingerprint density at radius 2 is 1.91 bits per heavy atom. The van der Waals surface area contributed by atoms with Gasteiger partial charge in [0.15, 0.2) is 5.11 Å². The number of aryl methyl sites for hydroxylation is 2. The fourth-order valence-corrected chi connectivity index (χ4v) is 2.46. The van der Waals surface area contributed by atoms with E-state index in [9.17, 15) is 0 Å². The summed E-state index contributed by atoms with van der Waals surface area (Å²) in [7, 11) is 3.67. The Balaban J connectivity index is 2.09. The molecule has 0 saturated heterocycles. The van der Waals surface area contributed by atoms with Gasteiger partial charge < -0.3 is 15.0 Å². The molecule has 0 aromatic heterocycles. The molecule has 0 fully saturated rings. The standard InChI is InChI=1S/C18H22N2OS/c1-13-9-10-17(21-4)15(11-13)12-20(3)18(22)19-16-8-6-5-7-14(16)2/h5-11H,12H2,1-4H3,(H,19,22). The number of hydrogen-bond acceptors (Lipinski definition) is 2. The van der Waals surface area contributed by atoms with Crippen LogP contribution in [0, 0.1) is 13.8 Å². The summed E-state index contributed by atoms with van der Waals surface area (Å²) in [6, 6.07) is 14.3. The largest absolute Gasteiger partial charge is 0.496 e. The van der Waals surface area contributed by atoms with Crippen LogP contribution >= 0.6 is 12.2 Å². The molecule has 22 heavy (non-hydrogen) atoms. The minimum absolute atomic E-state index is 0.692. The van der Waals surface area contributed by atoms with Gasteiger partial charge in [-0.25, -0.2) is 0 Å². The number of benzene rings is 2. The monoisotopic (exact) mass is 314 g/mol. The smallest absolute Gasteiger partial charge is 0.173 e. The summed E-state index contributed by atoms with van der Waals surface area (Å²) in [4.78, 5) is 2.01. The molecule has 1 N–H and O–H groups in total. The average Bonchev–Trinajstić information content (AvgIpc) is 2.49. The Kier molecular flexibility index (Phi) is 5.39. The van der Waals surface area contributed by atoms with Crippen LogP contribution in [0.25, 0.3) is 0 Å². The first-order valence-corrected chi connectivity index (χ1v) is 7.63. The molecule has 0 heterocycles. The molecule has 0 aliphatic heterocycles. The second kappa shape index (κ2) is 7.27. The van der Waals surface area contributed by atoms with Gasteiger partial charge in [0.05, 0.1) is 7.11 Å². The van der Waals surface area contributed by atoms with E-state index in [1.807, 2.05) is 42.3 Å². The van der Waals surface area contributed by atoms with Crippen LogP contribution in [-0.4, -0.2) is 24.2 Å². The lowest BCUT2D eigenvalue weighted by Crippen LogP contribution is -2.31. The van der Waals surface area contributed by atoms with Gasteiger partial charge in [-0.05, 0) is 43.8 Å². The zero-order valence-electron chi connectivity index (χ0n) is 13.5. The van der Waals surface area contributed by atoms with Crippen LogP contribution in [-0.2, 0) is 6.54 Å². The lowest BCUT2D eigenvalue weighted by molar-refractivity contribution is 0.399. The van der Waals surface area contributed by atoms with E-state index in [0.29, 0.717) is 11.7 Å². The average molecular weight is 314 g/mol. The highest BCUT2D eigenvalue weighted by atomic mass is 32.1. The molecule has 4 heteroatoms. The molecule has 3 nitrogen and oxygen atoms in total. The summed E-state index contributed by atoms with van der Waals surface area (Å²) >= 11 is 5.50. The van der Waals surface area contributed by atoms with Gasteiger partial charge in [-0.2, -0.15) is 0 Å². The van der Waals surface area contributed by atoms with Crippen LogP contribution in [0.5, 0.6) is 5.75 Å². The van der Waals surface area contributed by atoms with Crippen molar-refractivity contribution in [3.63, 3.8) is 0 Å². The minimum Gasteiger partial charge on any atom is -0.496 e. The highest BCUT2D eigenvalue weighted by Gasteiger charge is 2.10. The number of thiocarbonyl (C=S) groups is 1. The van der Waals surface area contributed by atoms with Crippen molar-refractivity contribution in [2.45, 2.75) is 20.4 Å². The van der Waals surface area contributed by atoms with Crippen molar-refractivity contribution >= 4 is 23.0 Å². The third kappa shape index (κ3) is 3.98. The minimum atomic E-state index is 0.692. The molecule has 2 rings (SSSR count). The van der Waals surface area contributed by atoms with Crippen molar-refractivity contribution in [3.8, 4) is 5.75 Å². The molecule has 116 valence electrons. The number of rotatable bonds is 4. The summed E-state index contributed by atoms with van der Waals surface area (Å²) in [5.74, 6) is 0.885. The molecule has 2 aromatic carbocycles. The highest BCUT2D eigenvalue weighted by molar-refractivity contribution is 7.80. The number of para-hydroxylation sites is 1. The SMILES string of the molecule is COc1ccc(C)cc1CN(C)C(=S)Nc1ccccc1C. The predicted octanol–water partition coefficient (Wildman–Crippen LogP) is 4.14. The first-order valence-electron chi connectivity index (χ1n) is 7.22. The van der Waals surface area contributed by atoms with Gasteiger partial charge in [-0.1, -0.05) is 35.9 Å². The Labute approximate surface area is 137 Å². The fraction of sp³-hybridized carbons (Fsp3) is 0.278. The molecular weight excluding hydrogens is 292 g/mol. The molecule has 0 unspecified atom stereocenters. The Hall–Kier alpha value is -2.07. The Bertz CT molecular complexity index is 670. The number of hydrogen-bond donors (Lipinski definition) is 1. The van der Waals surface area contributed by atoms with E-state index >= 15 is 0 Å². The number of nitrogens with one attached hydrogen (secondary N) is 1. The molecule has 0 atom stereocenters. The van der Waals surface area contributed by atoms with Crippen molar-refractivity contribution in [1.82, 2.24) is 4.90 Å². The van der Waals surface area contributed by atoms with Gasteiger partial charge in [-0.3, -0.25) is 0 Å². The molecule has 0 bridgehead atoms. The van der Waals surface area contributed by atoms with Gasteiger partial charge in [0.25, 0.3) is 0 Å². The van der Waals surface area contributed by atoms with Crippen LogP contribution in [0.2, 0.25) is 0 Å². The summed E-state index contributed by atoms with van der Waals surface area (Å²) in [5.41, 5.74) is 4.54. The number of methoxy groups -OCH3 is 1. The normalized spacial score (nSPS) is 10.2. The quantitative estimate of drug-likeness (QED) is 0.857. The van der Waals surface area contributed by atoms with Crippen LogP contribution in [0.4, 0.5) is 5.69 Å². The Morgan fingerprint density at radius 3 is 2.59 bits per heavy atom. The van der Waals surface area contributed by atoms with E-state index in [2.05, 4.69) is 31.3 Å². The van der Waals surface area contributed by atoms with Crippen LogP contribution in [0.1, 0.15) is 16.7 Å². The molecule has 2 aromatic rings. The van der Waals surface area contributed by atoms with Crippen molar-refractivity contribution in [2.24, 2.45) is 0 Å². The summed E-state index contributed by atoms with van der Waals surface area (Å²) < 4.78 is 5.43. The summed E-state index contributed by atoms with van der Waals surface area (Å²) in [6.45, 7) is 4.84. The first kappa shape index (κ1) is 16.3. The van der Waals surface area contributed by atoms with Crippen LogP contribution in [0.3, 0.4) is 0 Å². The number of ether oxygens (including phenoxy) is 1. The molecule has 0 aliphatic carbocycles. The second-order valence-electron chi connectivity index (χ2n) is 5.42. The van der Waals surface area contributed by atoms with E-state index in [1.165, 1.54) is 11.1 Å². The molecule has 0 aliphatic rings. The maximum atomic E-state index is 5.50. The maximum absolute atomic E-state index is 5.50. The van der Waals surface area contributed by atoms with Gasteiger partial charge in [0.1, 0.15) is 5.75 Å². The fourth-order valence-electron chi connectivity index (χ4n) is 2.28. The first-order chi connectivity index (χ1) is 10.5. The van der Waals surface area contributed by atoms with Crippen molar-refractivity contribution in [3.05, 3.63) is 59.2 Å². The number of anilines is 1. The van der Waals surface area contributed by atoms with E-state index < -0.39 is 0 Å². The maximum Gasteiger partial charge on any atom is 0.173 e. The van der Waals surface area contributed by atoms with Crippen molar-refractivity contribution in [2.75, 3.05) is 19.5 Å². The van der Waals surface area contributed by atoms with Gasteiger partial charge >= 0.3 is 0 Å². The summed E-state index contributed by atoms with van der Waals surface area (Å²) in [5, 5.41) is 3.99.